The molecular weight excluding hydrogens is 230 g/mol. The Hall–Kier alpha value is -1.71. The molecular formula is C14H15NO3. The number of benzene rings is 1. The van der Waals surface area contributed by atoms with Crippen molar-refractivity contribution in [3.05, 3.63) is 23.3 Å². The Labute approximate surface area is 105 Å². The highest BCUT2D eigenvalue weighted by molar-refractivity contribution is 5.98. The van der Waals surface area contributed by atoms with Crippen LogP contribution in [0.4, 0.5) is 0 Å². The van der Waals surface area contributed by atoms with Gasteiger partial charge in [-0.3, -0.25) is 4.79 Å². The number of hydrogen-bond donors (Lipinski definition) is 1. The van der Waals surface area contributed by atoms with E-state index in [4.69, 9.17) is 9.47 Å². The van der Waals surface area contributed by atoms with Crippen molar-refractivity contribution in [3.8, 4) is 11.5 Å². The van der Waals surface area contributed by atoms with Crippen LogP contribution in [0, 0.1) is 0 Å². The van der Waals surface area contributed by atoms with Crippen molar-refractivity contribution in [1.82, 2.24) is 5.32 Å². The minimum atomic E-state index is 0.0338. The van der Waals surface area contributed by atoms with Gasteiger partial charge in [-0.1, -0.05) is 12.8 Å². The molecule has 1 fully saturated rings. The summed E-state index contributed by atoms with van der Waals surface area (Å²) in [7, 11) is 0. The van der Waals surface area contributed by atoms with Crippen LogP contribution >= 0.6 is 0 Å². The van der Waals surface area contributed by atoms with Crippen molar-refractivity contribution < 1.29 is 14.3 Å². The molecule has 4 nitrogen and oxygen atoms in total. The van der Waals surface area contributed by atoms with Gasteiger partial charge in [-0.05, 0) is 30.5 Å². The molecule has 2 aliphatic heterocycles. The van der Waals surface area contributed by atoms with E-state index in [-0.39, 0.29) is 12.7 Å². The highest BCUT2D eigenvalue weighted by Crippen LogP contribution is 2.43. The number of amides is 1. The Balaban J connectivity index is 1.85. The standard InChI is InChI=1S/C14H15NO3/c16-14-10-6-13-12(17-7-18-13)5-9(10)8-3-1-2-4-11(8)15-14/h5-6,8,11H,1-4,7H2,(H,15,16)/t8-,11+/m1/s1. The molecule has 1 aliphatic carbocycles. The number of rotatable bonds is 0. The molecule has 0 spiro atoms. The van der Waals surface area contributed by atoms with Crippen LogP contribution in [0.5, 0.6) is 11.5 Å². The first-order chi connectivity index (χ1) is 8.83. The summed E-state index contributed by atoms with van der Waals surface area (Å²) >= 11 is 0. The molecule has 1 saturated carbocycles. The maximum absolute atomic E-state index is 12.1. The molecule has 2 atom stereocenters. The predicted molar refractivity (Wildman–Crippen MR) is 65.0 cm³/mol. The lowest BCUT2D eigenvalue weighted by Gasteiger charge is -2.37. The van der Waals surface area contributed by atoms with E-state index in [1.165, 1.54) is 12.8 Å². The molecule has 4 heteroatoms. The first-order valence-corrected chi connectivity index (χ1v) is 6.57. The summed E-state index contributed by atoms with van der Waals surface area (Å²) in [5, 5.41) is 3.13. The fourth-order valence-corrected chi connectivity index (χ4v) is 3.38. The van der Waals surface area contributed by atoms with Gasteiger partial charge in [0.25, 0.3) is 5.91 Å². The lowest BCUT2D eigenvalue weighted by Crippen LogP contribution is -2.45. The van der Waals surface area contributed by atoms with Gasteiger partial charge in [0.1, 0.15) is 0 Å². The van der Waals surface area contributed by atoms with Crippen LogP contribution in [0.2, 0.25) is 0 Å². The van der Waals surface area contributed by atoms with Gasteiger partial charge in [0.15, 0.2) is 11.5 Å². The second kappa shape index (κ2) is 3.64. The van der Waals surface area contributed by atoms with Crippen LogP contribution in [-0.4, -0.2) is 18.7 Å². The zero-order valence-corrected chi connectivity index (χ0v) is 10.1. The molecule has 1 aromatic rings. The minimum Gasteiger partial charge on any atom is -0.454 e. The van der Waals surface area contributed by atoms with Gasteiger partial charge in [-0.25, -0.2) is 0 Å². The third-order valence-electron chi connectivity index (χ3n) is 4.27. The number of carbonyl (C=O) groups excluding carboxylic acids is 1. The molecule has 4 rings (SSSR count). The number of nitrogens with one attached hydrogen (secondary N) is 1. The van der Waals surface area contributed by atoms with Gasteiger partial charge < -0.3 is 14.8 Å². The Kier molecular flexibility index (Phi) is 2.07. The molecule has 1 N–H and O–H groups in total. The van der Waals surface area contributed by atoms with Crippen molar-refractivity contribution in [2.45, 2.75) is 37.6 Å². The summed E-state index contributed by atoms with van der Waals surface area (Å²) in [5.74, 6) is 1.96. The summed E-state index contributed by atoms with van der Waals surface area (Å²) in [6.07, 6.45) is 4.69. The molecule has 18 heavy (non-hydrogen) atoms. The first kappa shape index (κ1) is 10.2. The largest absolute Gasteiger partial charge is 0.454 e. The van der Waals surface area contributed by atoms with Crippen molar-refractivity contribution in [2.75, 3.05) is 6.79 Å². The second-order valence-corrected chi connectivity index (χ2v) is 5.26. The van der Waals surface area contributed by atoms with Gasteiger partial charge in [0.2, 0.25) is 6.79 Å². The first-order valence-electron chi connectivity index (χ1n) is 6.57. The molecule has 2 heterocycles. The van der Waals surface area contributed by atoms with Gasteiger partial charge in [0, 0.05) is 17.5 Å². The number of carbonyl (C=O) groups is 1. The highest BCUT2D eigenvalue weighted by atomic mass is 16.7. The number of ether oxygens (including phenoxy) is 2. The maximum atomic E-state index is 12.1. The lowest BCUT2D eigenvalue weighted by atomic mass is 9.75. The fraction of sp³-hybridized carbons (Fsp3) is 0.500. The molecule has 0 bridgehead atoms. The van der Waals surface area contributed by atoms with E-state index in [9.17, 15) is 4.79 Å². The normalized spacial score (nSPS) is 28.3. The summed E-state index contributed by atoms with van der Waals surface area (Å²) in [4.78, 5) is 12.1. The van der Waals surface area contributed by atoms with Crippen LogP contribution in [0.3, 0.4) is 0 Å². The van der Waals surface area contributed by atoms with Gasteiger partial charge in [-0.15, -0.1) is 0 Å². The Morgan fingerprint density at radius 3 is 2.78 bits per heavy atom. The quantitative estimate of drug-likeness (QED) is 0.762. The molecule has 3 aliphatic rings. The number of fused-ring (bicyclic) bond motifs is 4. The monoisotopic (exact) mass is 245 g/mol. The molecule has 0 unspecified atom stereocenters. The summed E-state index contributed by atoms with van der Waals surface area (Å²) in [6.45, 7) is 0.258. The van der Waals surface area contributed by atoms with Crippen LogP contribution in [0.25, 0.3) is 0 Å². The van der Waals surface area contributed by atoms with Crippen molar-refractivity contribution in [2.24, 2.45) is 0 Å². The number of hydrogen-bond acceptors (Lipinski definition) is 3. The summed E-state index contributed by atoms with van der Waals surface area (Å²) < 4.78 is 10.8. The van der Waals surface area contributed by atoms with E-state index >= 15 is 0 Å². The Morgan fingerprint density at radius 2 is 1.89 bits per heavy atom. The van der Waals surface area contributed by atoms with E-state index in [0.29, 0.717) is 17.7 Å². The molecule has 0 saturated heterocycles. The van der Waals surface area contributed by atoms with E-state index in [1.54, 1.807) is 0 Å². The van der Waals surface area contributed by atoms with Crippen LogP contribution in [0.15, 0.2) is 12.1 Å². The van der Waals surface area contributed by atoms with Crippen molar-refractivity contribution in [1.29, 1.82) is 0 Å². The average Bonchev–Trinajstić information content (AvgIpc) is 2.84. The lowest BCUT2D eigenvalue weighted by molar-refractivity contribution is 0.0900. The molecule has 1 amide bonds. The summed E-state index contributed by atoms with van der Waals surface area (Å²) in [6, 6.07) is 4.15. The van der Waals surface area contributed by atoms with Crippen LogP contribution in [-0.2, 0) is 0 Å². The van der Waals surface area contributed by atoms with E-state index < -0.39 is 0 Å². The van der Waals surface area contributed by atoms with Crippen LogP contribution in [0.1, 0.15) is 47.5 Å². The zero-order valence-electron chi connectivity index (χ0n) is 10.1. The fourth-order valence-electron chi connectivity index (χ4n) is 3.38. The van der Waals surface area contributed by atoms with Crippen molar-refractivity contribution in [3.63, 3.8) is 0 Å². The molecule has 0 aromatic heterocycles. The van der Waals surface area contributed by atoms with E-state index in [2.05, 4.69) is 5.32 Å². The molecule has 94 valence electrons. The van der Waals surface area contributed by atoms with Crippen molar-refractivity contribution >= 4 is 5.91 Å². The Morgan fingerprint density at radius 1 is 1.11 bits per heavy atom. The smallest absolute Gasteiger partial charge is 0.251 e. The van der Waals surface area contributed by atoms with Gasteiger partial charge in [-0.2, -0.15) is 0 Å². The molecule has 0 radical (unpaired) electrons. The molecule has 1 aromatic carbocycles. The SMILES string of the molecule is O=C1N[C@H]2CCCC[C@@H]2c2cc3c(cc21)OCO3. The third-order valence-corrected chi connectivity index (χ3v) is 4.27. The third kappa shape index (κ3) is 1.35. The van der Waals surface area contributed by atoms with Gasteiger partial charge in [0.05, 0.1) is 0 Å². The topological polar surface area (TPSA) is 47.6 Å². The Bertz CT molecular complexity index is 526. The van der Waals surface area contributed by atoms with Crippen LogP contribution < -0.4 is 14.8 Å². The summed E-state index contributed by atoms with van der Waals surface area (Å²) in [5.41, 5.74) is 1.91. The zero-order chi connectivity index (χ0) is 12.1. The van der Waals surface area contributed by atoms with E-state index in [0.717, 1.165) is 29.7 Å². The minimum absolute atomic E-state index is 0.0338. The second-order valence-electron chi connectivity index (χ2n) is 5.26. The van der Waals surface area contributed by atoms with Gasteiger partial charge >= 0.3 is 0 Å². The average molecular weight is 245 g/mol. The van der Waals surface area contributed by atoms with E-state index in [1.807, 2.05) is 12.1 Å². The maximum Gasteiger partial charge on any atom is 0.251 e. The highest BCUT2D eigenvalue weighted by Gasteiger charge is 2.36. The predicted octanol–water partition coefficient (Wildman–Crippen LogP) is 2.18.